The quantitative estimate of drug-likeness (QED) is 0.558. The maximum Gasteiger partial charge on any atom is 0.194 e. The lowest BCUT2D eigenvalue weighted by Crippen LogP contribution is -2.38. The Bertz CT molecular complexity index is 811. The van der Waals surface area contributed by atoms with Gasteiger partial charge in [0.05, 0.1) is 18.8 Å². The van der Waals surface area contributed by atoms with Crippen LogP contribution < -0.4 is 5.32 Å². The molecule has 0 spiro atoms. The van der Waals surface area contributed by atoms with Crippen LogP contribution in [0.5, 0.6) is 0 Å². The first kappa shape index (κ1) is 15.5. The molecule has 0 radical (unpaired) electrons. The maximum atomic E-state index is 4.85. The van der Waals surface area contributed by atoms with Crippen LogP contribution in [-0.2, 0) is 13.1 Å². The second-order valence-corrected chi connectivity index (χ2v) is 6.01. The van der Waals surface area contributed by atoms with Crippen molar-refractivity contribution in [1.29, 1.82) is 0 Å². The number of fused-ring (bicyclic) bond motifs is 1. The highest BCUT2D eigenvalue weighted by Crippen LogP contribution is 2.12. The smallest absolute Gasteiger partial charge is 0.194 e. The predicted octanol–water partition coefficient (Wildman–Crippen LogP) is 2.29. The van der Waals surface area contributed by atoms with Crippen LogP contribution in [0.25, 0.3) is 5.65 Å². The summed E-state index contributed by atoms with van der Waals surface area (Å²) in [7, 11) is 3.70. The van der Waals surface area contributed by atoms with Crippen molar-refractivity contribution in [1.82, 2.24) is 24.8 Å². The topological polar surface area (TPSA) is 71.0 Å². The Kier molecular flexibility index (Phi) is 4.61. The van der Waals surface area contributed by atoms with Crippen molar-refractivity contribution in [2.24, 2.45) is 4.99 Å². The van der Waals surface area contributed by atoms with Gasteiger partial charge in [-0.1, -0.05) is 5.16 Å². The molecule has 3 aromatic rings. The molecule has 3 aromatic heterocycles. The van der Waals surface area contributed by atoms with Gasteiger partial charge in [0, 0.05) is 37.0 Å². The molecule has 0 fully saturated rings. The minimum atomic E-state index is 0.592. The first-order valence-corrected chi connectivity index (χ1v) is 7.89. The van der Waals surface area contributed by atoms with Crippen LogP contribution in [0, 0.1) is 0 Å². The average Bonchev–Trinajstić information content (AvgIpc) is 3.16. The summed E-state index contributed by atoms with van der Waals surface area (Å²) in [6.07, 6.45) is 5.55. The number of halogens is 1. The molecule has 0 aliphatic heterocycles. The SMILES string of the molecule is CN=C(NCc1cn2cc(Br)ccc2n1)N(C)Cc1ccon1. The number of guanidine groups is 1. The van der Waals surface area contributed by atoms with Gasteiger partial charge in [-0.3, -0.25) is 4.99 Å². The van der Waals surface area contributed by atoms with E-state index in [9.17, 15) is 0 Å². The predicted molar refractivity (Wildman–Crippen MR) is 91.1 cm³/mol. The molecule has 0 aromatic carbocycles. The molecule has 1 N–H and O–H groups in total. The van der Waals surface area contributed by atoms with Crippen LogP contribution in [0.3, 0.4) is 0 Å². The fourth-order valence-corrected chi connectivity index (χ4v) is 2.65. The molecule has 0 bridgehead atoms. The number of hydrogen-bond acceptors (Lipinski definition) is 4. The third kappa shape index (κ3) is 3.70. The Morgan fingerprint density at radius 2 is 2.22 bits per heavy atom. The summed E-state index contributed by atoms with van der Waals surface area (Å²) in [6, 6.07) is 5.78. The largest absolute Gasteiger partial charge is 0.364 e. The summed E-state index contributed by atoms with van der Waals surface area (Å²) >= 11 is 3.46. The van der Waals surface area contributed by atoms with Gasteiger partial charge in [-0.2, -0.15) is 0 Å². The summed E-state index contributed by atoms with van der Waals surface area (Å²) in [4.78, 5) is 10.8. The van der Waals surface area contributed by atoms with Crippen molar-refractivity contribution >= 4 is 27.5 Å². The number of imidazole rings is 1. The molecule has 0 saturated carbocycles. The van der Waals surface area contributed by atoms with Crippen LogP contribution in [0.1, 0.15) is 11.4 Å². The summed E-state index contributed by atoms with van der Waals surface area (Å²) in [5, 5.41) is 7.21. The number of hydrogen-bond donors (Lipinski definition) is 1. The van der Waals surface area contributed by atoms with E-state index in [0.717, 1.165) is 27.5 Å². The van der Waals surface area contributed by atoms with Gasteiger partial charge < -0.3 is 19.1 Å². The van der Waals surface area contributed by atoms with Crippen molar-refractivity contribution < 1.29 is 4.52 Å². The second-order valence-electron chi connectivity index (χ2n) is 5.09. The summed E-state index contributed by atoms with van der Waals surface area (Å²) in [6.45, 7) is 1.21. The van der Waals surface area contributed by atoms with Gasteiger partial charge in [-0.25, -0.2) is 4.98 Å². The third-order valence-electron chi connectivity index (χ3n) is 3.36. The molecule has 0 amide bonds. The van der Waals surface area contributed by atoms with Gasteiger partial charge in [0.2, 0.25) is 0 Å². The molecule has 120 valence electrons. The molecule has 8 heteroatoms. The van der Waals surface area contributed by atoms with E-state index in [-0.39, 0.29) is 0 Å². The summed E-state index contributed by atoms with van der Waals surface area (Å²) < 4.78 is 7.86. The summed E-state index contributed by atoms with van der Waals surface area (Å²) in [5.74, 6) is 0.770. The first-order valence-electron chi connectivity index (χ1n) is 7.10. The van der Waals surface area contributed by atoms with Crippen molar-refractivity contribution in [3.8, 4) is 0 Å². The van der Waals surface area contributed by atoms with Gasteiger partial charge >= 0.3 is 0 Å². The number of nitrogens with one attached hydrogen (secondary N) is 1. The first-order chi connectivity index (χ1) is 11.2. The van der Waals surface area contributed by atoms with Crippen LogP contribution in [0.2, 0.25) is 0 Å². The number of aromatic nitrogens is 3. The van der Waals surface area contributed by atoms with Crippen molar-refractivity contribution in [3.63, 3.8) is 0 Å². The zero-order valence-corrected chi connectivity index (χ0v) is 14.5. The van der Waals surface area contributed by atoms with E-state index in [2.05, 4.69) is 36.4 Å². The highest BCUT2D eigenvalue weighted by Gasteiger charge is 2.09. The molecule has 0 atom stereocenters. The van der Waals surface area contributed by atoms with Gasteiger partial charge in [-0.15, -0.1) is 0 Å². The van der Waals surface area contributed by atoms with Gasteiger partial charge in [0.1, 0.15) is 17.6 Å². The Balaban J connectivity index is 1.64. The number of aliphatic imine (C=N–C) groups is 1. The number of pyridine rings is 1. The zero-order valence-electron chi connectivity index (χ0n) is 12.9. The molecule has 23 heavy (non-hydrogen) atoms. The molecule has 3 heterocycles. The van der Waals surface area contributed by atoms with E-state index < -0.39 is 0 Å². The maximum absolute atomic E-state index is 4.85. The Morgan fingerprint density at radius 3 is 2.96 bits per heavy atom. The van der Waals surface area contributed by atoms with Crippen molar-refractivity contribution in [2.45, 2.75) is 13.1 Å². The van der Waals surface area contributed by atoms with Crippen LogP contribution in [-0.4, -0.2) is 39.5 Å². The van der Waals surface area contributed by atoms with E-state index >= 15 is 0 Å². The van der Waals surface area contributed by atoms with Gasteiger partial charge in [0.25, 0.3) is 0 Å². The fraction of sp³-hybridized carbons (Fsp3) is 0.267. The lowest BCUT2D eigenvalue weighted by Gasteiger charge is -2.20. The van der Waals surface area contributed by atoms with Crippen LogP contribution in [0.4, 0.5) is 0 Å². The van der Waals surface area contributed by atoms with E-state index in [4.69, 9.17) is 4.52 Å². The number of rotatable bonds is 4. The monoisotopic (exact) mass is 376 g/mol. The van der Waals surface area contributed by atoms with Crippen LogP contribution >= 0.6 is 15.9 Å². The molecular formula is C15H17BrN6O. The lowest BCUT2D eigenvalue weighted by atomic mass is 10.4. The minimum Gasteiger partial charge on any atom is -0.364 e. The molecule has 0 aliphatic carbocycles. The Hall–Kier alpha value is -2.35. The van der Waals surface area contributed by atoms with Crippen molar-refractivity contribution in [2.75, 3.05) is 14.1 Å². The molecule has 7 nitrogen and oxygen atoms in total. The highest BCUT2D eigenvalue weighted by molar-refractivity contribution is 9.10. The molecule has 0 saturated heterocycles. The Morgan fingerprint density at radius 1 is 1.35 bits per heavy atom. The van der Waals surface area contributed by atoms with Crippen LogP contribution in [0.15, 0.2) is 50.8 Å². The van der Waals surface area contributed by atoms with E-state index in [1.165, 1.54) is 0 Å². The average molecular weight is 377 g/mol. The van der Waals surface area contributed by atoms with Gasteiger partial charge in [0.15, 0.2) is 5.96 Å². The molecule has 3 rings (SSSR count). The fourth-order valence-electron chi connectivity index (χ4n) is 2.29. The lowest BCUT2D eigenvalue weighted by molar-refractivity contribution is 0.391. The normalized spacial score (nSPS) is 11.9. The van der Waals surface area contributed by atoms with E-state index in [0.29, 0.717) is 13.1 Å². The highest BCUT2D eigenvalue weighted by atomic mass is 79.9. The number of nitrogens with zero attached hydrogens (tertiary/aromatic N) is 5. The van der Waals surface area contributed by atoms with E-state index in [1.54, 1.807) is 13.3 Å². The summed E-state index contributed by atoms with van der Waals surface area (Å²) in [5.41, 5.74) is 2.71. The minimum absolute atomic E-state index is 0.592. The Labute approximate surface area is 142 Å². The molecule has 0 unspecified atom stereocenters. The molecular weight excluding hydrogens is 360 g/mol. The molecule has 0 aliphatic rings. The van der Waals surface area contributed by atoms with E-state index in [1.807, 2.05) is 46.9 Å². The second kappa shape index (κ2) is 6.82. The zero-order chi connectivity index (χ0) is 16.2. The van der Waals surface area contributed by atoms with Crippen molar-refractivity contribution in [3.05, 3.63) is 52.7 Å². The third-order valence-corrected chi connectivity index (χ3v) is 3.83. The van der Waals surface area contributed by atoms with Gasteiger partial charge in [-0.05, 0) is 28.1 Å². The standard InChI is InChI=1S/C15H17BrN6O/c1-17-15(21(2)9-12-5-6-23-20-12)18-7-13-10-22-8-11(16)3-4-14(22)19-13/h3-6,8,10H,7,9H2,1-2H3,(H,17,18).